The number of imidazole rings is 1. The standard InChI is InChI=1S/C52H68N7O11PSi/c1-32(2)27-53-49-55-46-45(48(61)56-49)54-31-59(46)44-25-39(69-71(9)66-30-42-40(70-72(10,11)51(4,5)6)26-43(68-42)58-28-33(3)47(60)57-50(58)62)41(67-44)29-65-52(34-15-13-12-14-16-34,35-17-21-37(63-7)22-18-35)36-19-23-38(64-8)24-20-36/h12-24,28,31-32,39-44H,25-27,29-30H2,1-11H3,(H,57,60,62)(H2,53,55,56,61)/t39-,40-,41+,42+,43+,44+,71?/m0/s1. The molecule has 0 amide bonds. The number of benzene rings is 3. The predicted molar refractivity (Wildman–Crippen MR) is 279 cm³/mol. The lowest BCUT2D eigenvalue weighted by Crippen LogP contribution is -2.46. The van der Waals surface area contributed by atoms with Crippen molar-refractivity contribution in [3.8, 4) is 11.5 Å². The number of methoxy groups -OCH3 is 2. The number of nitrogens with one attached hydrogen (secondary N) is 3. The molecule has 3 aromatic heterocycles. The number of hydrogen-bond donors (Lipinski definition) is 3. The second-order valence-corrected chi connectivity index (χ2v) is 26.4. The summed E-state index contributed by atoms with van der Waals surface area (Å²) in [5.41, 5.74) is 0.971. The van der Waals surface area contributed by atoms with Gasteiger partial charge in [0.15, 0.2) is 27.9 Å². The molecule has 2 saturated heterocycles. The van der Waals surface area contributed by atoms with E-state index in [1.807, 2.05) is 85.5 Å². The van der Waals surface area contributed by atoms with E-state index < -0.39 is 70.4 Å². The topological polar surface area (TPSA) is 204 Å². The number of H-pyrrole nitrogens is 2. The zero-order valence-electron chi connectivity index (χ0n) is 43.0. The monoisotopic (exact) mass is 1030 g/mol. The Morgan fingerprint density at radius 2 is 1.39 bits per heavy atom. The van der Waals surface area contributed by atoms with E-state index in [1.165, 1.54) is 10.8 Å². The average Bonchev–Trinajstić information content (AvgIpc) is 4.08. The van der Waals surface area contributed by atoms with Crippen LogP contribution in [0.25, 0.3) is 11.2 Å². The van der Waals surface area contributed by atoms with Crippen LogP contribution in [0.15, 0.2) is 106 Å². The summed E-state index contributed by atoms with van der Waals surface area (Å²) in [6, 6.07) is 25.7. The van der Waals surface area contributed by atoms with E-state index in [0.29, 0.717) is 54.0 Å². The summed E-state index contributed by atoms with van der Waals surface area (Å²) in [5, 5.41) is 3.13. The van der Waals surface area contributed by atoms with E-state index in [9.17, 15) is 14.4 Å². The molecule has 0 spiro atoms. The van der Waals surface area contributed by atoms with Crippen LogP contribution >= 0.6 is 8.38 Å². The normalized spacial score (nSPS) is 21.1. The van der Waals surface area contributed by atoms with Gasteiger partial charge in [-0.05, 0) is 71.9 Å². The first-order valence-corrected chi connectivity index (χ1v) is 28.9. The number of ether oxygens (including phenoxy) is 5. The first-order chi connectivity index (χ1) is 34.3. The molecule has 0 radical (unpaired) electrons. The average molecular weight is 1030 g/mol. The van der Waals surface area contributed by atoms with Gasteiger partial charge in [0.05, 0.1) is 46.0 Å². The van der Waals surface area contributed by atoms with Gasteiger partial charge in [0.1, 0.15) is 41.8 Å². The first kappa shape index (κ1) is 52.8. The molecule has 3 aromatic carbocycles. The van der Waals surface area contributed by atoms with Crippen LogP contribution in [-0.2, 0) is 33.3 Å². The van der Waals surface area contributed by atoms with Crippen molar-refractivity contribution in [3.63, 3.8) is 0 Å². The second-order valence-electron chi connectivity index (χ2n) is 20.3. The molecule has 0 saturated carbocycles. The van der Waals surface area contributed by atoms with Crippen LogP contribution < -0.4 is 31.6 Å². The molecule has 0 aliphatic carbocycles. The van der Waals surface area contributed by atoms with E-state index in [-0.39, 0.29) is 29.3 Å². The Hall–Kier alpha value is -5.50. The maximum Gasteiger partial charge on any atom is 0.330 e. The van der Waals surface area contributed by atoms with Crippen molar-refractivity contribution in [1.29, 1.82) is 0 Å². The van der Waals surface area contributed by atoms with E-state index >= 15 is 0 Å². The number of nitrogens with zero attached hydrogens (tertiary/aromatic N) is 4. The Labute approximate surface area is 421 Å². The minimum atomic E-state index is -2.34. The molecule has 72 heavy (non-hydrogen) atoms. The van der Waals surface area contributed by atoms with Crippen molar-refractivity contribution < 1.29 is 37.2 Å². The number of aromatic amines is 2. The van der Waals surface area contributed by atoms with Crippen molar-refractivity contribution >= 4 is 33.8 Å². The van der Waals surface area contributed by atoms with Crippen LogP contribution in [0.2, 0.25) is 18.1 Å². The zero-order chi connectivity index (χ0) is 51.5. The highest BCUT2D eigenvalue weighted by molar-refractivity contribution is 7.46. The quantitative estimate of drug-likeness (QED) is 0.0374. The van der Waals surface area contributed by atoms with Crippen LogP contribution in [0.4, 0.5) is 5.95 Å². The number of aryl methyl sites for hydroxylation is 1. The fourth-order valence-corrected chi connectivity index (χ4v) is 11.2. The second kappa shape index (κ2) is 21.9. The summed E-state index contributed by atoms with van der Waals surface area (Å²) in [6.45, 7) is 19.3. The molecule has 6 aromatic rings. The van der Waals surface area contributed by atoms with E-state index in [0.717, 1.165) is 16.7 Å². The number of aromatic nitrogens is 6. The van der Waals surface area contributed by atoms with Gasteiger partial charge < -0.3 is 42.5 Å². The smallest absolute Gasteiger partial charge is 0.330 e. The van der Waals surface area contributed by atoms with Gasteiger partial charge >= 0.3 is 5.69 Å². The lowest BCUT2D eigenvalue weighted by Gasteiger charge is -2.39. The lowest BCUT2D eigenvalue weighted by atomic mass is 9.80. The summed E-state index contributed by atoms with van der Waals surface area (Å²) in [7, 11) is -0.687. The molecular weight excluding hydrogens is 958 g/mol. The molecule has 20 heteroatoms. The lowest BCUT2D eigenvalue weighted by molar-refractivity contribution is -0.0908. The van der Waals surface area contributed by atoms with Crippen molar-refractivity contribution in [2.24, 2.45) is 5.92 Å². The number of anilines is 1. The van der Waals surface area contributed by atoms with Crippen LogP contribution in [0.1, 0.15) is 82.2 Å². The van der Waals surface area contributed by atoms with E-state index in [1.54, 1.807) is 32.0 Å². The number of fused-ring (bicyclic) bond motifs is 1. The van der Waals surface area contributed by atoms with Gasteiger partial charge in [-0.3, -0.25) is 28.7 Å². The van der Waals surface area contributed by atoms with Gasteiger partial charge in [-0.1, -0.05) is 89.2 Å². The molecule has 3 N–H and O–H groups in total. The Kier molecular flexibility index (Phi) is 16.1. The van der Waals surface area contributed by atoms with Gasteiger partial charge in [-0.25, -0.2) is 9.78 Å². The highest BCUT2D eigenvalue weighted by Gasteiger charge is 2.47. The summed E-state index contributed by atoms with van der Waals surface area (Å²) in [6.07, 6.45) is 0.191. The molecule has 5 heterocycles. The predicted octanol–water partition coefficient (Wildman–Crippen LogP) is 8.38. The van der Waals surface area contributed by atoms with Gasteiger partial charge in [-0.2, -0.15) is 4.98 Å². The Bertz CT molecular complexity index is 2910. The first-order valence-electron chi connectivity index (χ1n) is 24.3. The fraction of sp³-hybridized carbons (Fsp3) is 0.481. The third-order valence-corrected chi connectivity index (χ3v) is 19.4. The van der Waals surface area contributed by atoms with Crippen molar-refractivity contribution in [3.05, 3.63) is 145 Å². The molecule has 2 aliphatic rings. The highest BCUT2D eigenvalue weighted by Crippen LogP contribution is 2.47. The van der Waals surface area contributed by atoms with Crippen molar-refractivity contribution in [1.82, 2.24) is 29.1 Å². The largest absolute Gasteiger partial charge is 0.497 e. The van der Waals surface area contributed by atoms with Crippen molar-refractivity contribution in [2.45, 2.75) is 115 Å². The van der Waals surface area contributed by atoms with Crippen LogP contribution in [0, 0.1) is 12.8 Å². The zero-order valence-corrected chi connectivity index (χ0v) is 44.9. The molecule has 8 rings (SSSR count). The summed E-state index contributed by atoms with van der Waals surface area (Å²) >= 11 is 0. The van der Waals surface area contributed by atoms with Gasteiger partial charge in [0.25, 0.3) is 11.1 Å². The molecule has 2 fully saturated rings. The maximum absolute atomic E-state index is 13.3. The molecule has 2 aliphatic heterocycles. The third-order valence-electron chi connectivity index (χ3n) is 13.8. The number of hydrogen-bond acceptors (Lipinski definition) is 14. The maximum atomic E-state index is 13.3. The van der Waals surface area contributed by atoms with Crippen LogP contribution in [-0.4, -0.2) is 102 Å². The molecule has 7 atom stereocenters. The molecule has 1 unspecified atom stereocenters. The van der Waals surface area contributed by atoms with Gasteiger partial charge in [0, 0.05) is 37.8 Å². The van der Waals surface area contributed by atoms with Crippen LogP contribution in [0.5, 0.6) is 11.5 Å². The molecular formula is C52H68N7O11PSi. The summed E-state index contributed by atoms with van der Waals surface area (Å²) < 4.78 is 55.8. The summed E-state index contributed by atoms with van der Waals surface area (Å²) in [4.78, 5) is 53.2. The van der Waals surface area contributed by atoms with Gasteiger partial charge in [0.2, 0.25) is 5.95 Å². The molecule has 18 nitrogen and oxygen atoms in total. The SMILES string of the molecule is COc1ccc(C(OC[C@H]2O[C@@H](n3cnc4c(=O)[nH]c(NCC(C)C)nc43)C[C@@H]2OP(C)OC[C@H]2O[C@@H](n3cc(C)c(=O)[nH]c3=O)C[C@@H]2O[Si](C)(C)C(C)(C)C)(c2ccccc2)c2ccc(OC)cc2)cc1. The minimum absolute atomic E-state index is 0.0440. The minimum Gasteiger partial charge on any atom is -0.497 e. The highest BCUT2D eigenvalue weighted by atomic mass is 31.2. The molecule has 0 bridgehead atoms. The molecule has 386 valence electrons. The van der Waals surface area contributed by atoms with E-state index in [2.05, 4.69) is 68.0 Å². The Morgan fingerprint density at radius 3 is 1.99 bits per heavy atom. The number of rotatable bonds is 20. The van der Waals surface area contributed by atoms with Crippen molar-refractivity contribution in [2.75, 3.05) is 46.0 Å². The van der Waals surface area contributed by atoms with Crippen LogP contribution in [0.3, 0.4) is 0 Å². The Balaban J connectivity index is 1.12. The van der Waals surface area contributed by atoms with Gasteiger partial charge in [-0.15, -0.1) is 0 Å². The van der Waals surface area contributed by atoms with E-state index in [4.69, 9.17) is 42.1 Å². The Morgan fingerprint density at radius 1 is 0.806 bits per heavy atom. The fourth-order valence-electron chi connectivity index (χ4n) is 8.83. The summed E-state index contributed by atoms with van der Waals surface area (Å²) in [5.74, 6) is 2.03. The third kappa shape index (κ3) is 11.3.